The smallest absolute Gasteiger partial charge is 0.291 e. The van der Waals surface area contributed by atoms with Gasteiger partial charge in [0.25, 0.3) is 5.69 Å². The molecule has 0 amide bonds. The average Bonchev–Trinajstić information content (AvgIpc) is 2.30. The summed E-state index contributed by atoms with van der Waals surface area (Å²) in [6.45, 7) is 4.92. The van der Waals surface area contributed by atoms with Gasteiger partial charge >= 0.3 is 0 Å². The molecule has 94 valence electrons. The number of nitrogens with zero attached hydrogens (tertiary/aromatic N) is 2. The third-order valence-corrected chi connectivity index (χ3v) is 2.97. The van der Waals surface area contributed by atoms with Gasteiger partial charge in [-0.05, 0) is 28.9 Å². The van der Waals surface area contributed by atoms with Crippen molar-refractivity contribution in [2.45, 2.75) is 32.7 Å². The predicted molar refractivity (Wildman–Crippen MR) is 70.1 cm³/mol. The van der Waals surface area contributed by atoms with Crippen LogP contribution in [-0.2, 0) is 6.42 Å². The van der Waals surface area contributed by atoms with Gasteiger partial charge in [0.05, 0.1) is 4.92 Å². The molecule has 0 bridgehead atoms. The van der Waals surface area contributed by atoms with Gasteiger partial charge in [-0.3, -0.25) is 15.1 Å². The molecule has 0 aliphatic carbocycles. The second-order valence-electron chi connectivity index (χ2n) is 3.74. The Morgan fingerprint density at radius 2 is 2.29 bits per heavy atom. The van der Waals surface area contributed by atoms with E-state index in [1.165, 1.54) is 6.07 Å². The summed E-state index contributed by atoms with van der Waals surface area (Å²) in [5.41, 5.74) is 0.613. The minimum absolute atomic E-state index is 0.0794. The Morgan fingerprint density at radius 1 is 1.59 bits per heavy atom. The Hall–Kier alpha value is -1.01. The Labute approximate surface area is 109 Å². The van der Waals surface area contributed by atoms with Crippen LogP contribution in [0.15, 0.2) is 16.7 Å². The molecule has 1 unspecified atom stereocenters. The molecule has 6 heteroatoms. The second-order valence-corrected chi connectivity index (χ2v) is 4.66. The van der Waals surface area contributed by atoms with Gasteiger partial charge in [-0.15, -0.1) is 0 Å². The van der Waals surface area contributed by atoms with Crippen LogP contribution >= 0.6 is 15.9 Å². The first-order chi connectivity index (χ1) is 8.08. The van der Waals surface area contributed by atoms with Gasteiger partial charge in [0.1, 0.15) is 5.69 Å². The number of rotatable bonds is 6. The highest BCUT2D eigenvalue weighted by Gasteiger charge is 2.18. The molecule has 1 N–H and O–H groups in total. The van der Waals surface area contributed by atoms with Gasteiger partial charge in [0.2, 0.25) is 0 Å². The standard InChI is InChI=1S/C11H16BrN3O2/c1-3-9(13-4-2)6-10-11(15(16)17)5-8(12)7-14-10/h5,7,9,13H,3-4,6H2,1-2H3. The molecule has 1 atom stereocenters. The zero-order chi connectivity index (χ0) is 12.8. The number of hydrogen-bond acceptors (Lipinski definition) is 4. The second kappa shape index (κ2) is 6.66. The number of nitro groups is 1. The summed E-state index contributed by atoms with van der Waals surface area (Å²) in [6.07, 6.45) is 3.09. The summed E-state index contributed by atoms with van der Waals surface area (Å²) in [4.78, 5) is 14.7. The fourth-order valence-electron chi connectivity index (χ4n) is 1.66. The Kier molecular flexibility index (Phi) is 5.50. The number of likely N-dealkylation sites (N-methyl/N-ethyl adjacent to an activating group) is 1. The molecule has 0 radical (unpaired) electrons. The van der Waals surface area contributed by atoms with Crippen LogP contribution < -0.4 is 5.32 Å². The minimum Gasteiger partial charge on any atom is -0.314 e. The van der Waals surface area contributed by atoms with Crippen molar-refractivity contribution in [3.8, 4) is 0 Å². The highest BCUT2D eigenvalue weighted by Crippen LogP contribution is 2.22. The Bertz CT molecular complexity index is 398. The van der Waals surface area contributed by atoms with Crippen LogP contribution in [0.2, 0.25) is 0 Å². The molecule has 0 saturated carbocycles. The molecule has 17 heavy (non-hydrogen) atoms. The van der Waals surface area contributed by atoms with Crippen LogP contribution in [0.3, 0.4) is 0 Å². The van der Waals surface area contributed by atoms with E-state index in [-0.39, 0.29) is 16.7 Å². The molecule has 0 aliphatic heterocycles. The van der Waals surface area contributed by atoms with Gasteiger partial charge in [0.15, 0.2) is 0 Å². The van der Waals surface area contributed by atoms with Crippen molar-refractivity contribution < 1.29 is 4.92 Å². The quantitative estimate of drug-likeness (QED) is 0.648. The molecular weight excluding hydrogens is 286 g/mol. The summed E-state index contributed by atoms with van der Waals surface area (Å²) in [6, 6.07) is 1.73. The first-order valence-electron chi connectivity index (χ1n) is 5.60. The number of pyridine rings is 1. The van der Waals surface area contributed by atoms with E-state index in [1.54, 1.807) is 6.20 Å². The molecule has 1 rings (SSSR count). The van der Waals surface area contributed by atoms with E-state index < -0.39 is 0 Å². The van der Waals surface area contributed by atoms with Crippen molar-refractivity contribution >= 4 is 21.6 Å². The monoisotopic (exact) mass is 301 g/mol. The Morgan fingerprint density at radius 3 is 2.82 bits per heavy atom. The lowest BCUT2D eigenvalue weighted by Crippen LogP contribution is -2.30. The molecule has 1 aromatic heterocycles. The van der Waals surface area contributed by atoms with Crippen LogP contribution in [0.5, 0.6) is 0 Å². The van der Waals surface area contributed by atoms with Crippen LogP contribution in [0.1, 0.15) is 26.0 Å². The molecule has 0 aromatic carbocycles. The number of halogens is 1. The first kappa shape index (κ1) is 14.1. The summed E-state index contributed by atoms with van der Waals surface area (Å²) in [5, 5.41) is 14.2. The van der Waals surface area contributed by atoms with E-state index in [4.69, 9.17) is 0 Å². The van der Waals surface area contributed by atoms with Crippen molar-refractivity contribution in [2.24, 2.45) is 0 Å². The first-order valence-corrected chi connectivity index (χ1v) is 6.40. The maximum absolute atomic E-state index is 10.9. The highest BCUT2D eigenvalue weighted by atomic mass is 79.9. The summed E-state index contributed by atoms with van der Waals surface area (Å²) in [7, 11) is 0. The zero-order valence-corrected chi connectivity index (χ0v) is 11.5. The third-order valence-electron chi connectivity index (χ3n) is 2.54. The third kappa shape index (κ3) is 4.05. The fraction of sp³-hybridized carbons (Fsp3) is 0.545. The molecule has 1 heterocycles. The molecule has 0 fully saturated rings. The zero-order valence-electron chi connectivity index (χ0n) is 9.94. The SMILES string of the molecule is CCNC(CC)Cc1ncc(Br)cc1[N+](=O)[O-]. The maximum atomic E-state index is 10.9. The van der Waals surface area contributed by atoms with E-state index >= 15 is 0 Å². The van der Waals surface area contributed by atoms with Crippen molar-refractivity contribution in [3.05, 3.63) is 32.5 Å². The van der Waals surface area contributed by atoms with E-state index in [1.807, 2.05) is 6.92 Å². The number of nitrogens with one attached hydrogen (secondary N) is 1. The lowest BCUT2D eigenvalue weighted by molar-refractivity contribution is -0.386. The molecule has 1 aromatic rings. The highest BCUT2D eigenvalue weighted by molar-refractivity contribution is 9.10. The lowest BCUT2D eigenvalue weighted by atomic mass is 10.1. The molecular formula is C11H16BrN3O2. The average molecular weight is 302 g/mol. The molecule has 5 nitrogen and oxygen atoms in total. The van der Waals surface area contributed by atoms with Crippen LogP contribution in [0.25, 0.3) is 0 Å². The van der Waals surface area contributed by atoms with Gasteiger partial charge in [0, 0.05) is 29.2 Å². The maximum Gasteiger partial charge on any atom is 0.291 e. The van der Waals surface area contributed by atoms with Crippen LogP contribution in [0.4, 0.5) is 5.69 Å². The topological polar surface area (TPSA) is 68.1 Å². The number of hydrogen-bond donors (Lipinski definition) is 1. The predicted octanol–water partition coefficient (Wildman–Crippen LogP) is 2.68. The van der Waals surface area contributed by atoms with Crippen molar-refractivity contribution in [1.82, 2.24) is 10.3 Å². The molecule has 0 spiro atoms. The lowest BCUT2D eigenvalue weighted by Gasteiger charge is -2.15. The van der Waals surface area contributed by atoms with E-state index in [2.05, 4.69) is 33.2 Å². The van der Waals surface area contributed by atoms with E-state index in [0.29, 0.717) is 16.6 Å². The summed E-state index contributed by atoms with van der Waals surface area (Å²) in [5.74, 6) is 0. The van der Waals surface area contributed by atoms with Crippen LogP contribution in [-0.4, -0.2) is 22.5 Å². The largest absolute Gasteiger partial charge is 0.314 e. The fourth-order valence-corrected chi connectivity index (χ4v) is 1.97. The molecule has 0 saturated heterocycles. The van der Waals surface area contributed by atoms with Crippen molar-refractivity contribution in [3.63, 3.8) is 0 Å². The van der Waals surface area contributed by atoms with E-state index in [9.17, 15) is 10.1 Å². The van der Waals surface area contributed by atoms with Crippen molar-refractivity contribution in [1.29, 1.82) is 0 Å². The van der Waals surface area contributed by atoms with Gasteiger partial charge in [-0.2, -0.15) is 0 Å². The van der Waals surface area contributed by atoms with Gasteiger partial charge in [-0.1, -0.05) is 13.8 Å². The van der Waals surface area contributed by atoms with Crippen LogP contribution in [0, 0.1) is 10.1 Å². The molecule has 0 aliphatic rings. The van der Waals surface area contributed by atoms with Gasteiger partial charge in [-0.25, -0.2) is 0 Å². The minimum atomic E-state index is -0.383. The normalized spacial score (nSPS) is 12.4. The van der Waals surface area contributed by atoms with Gasteiger partial charge < -0.3 is 5.32 Å². The summed E-state index contributed by atoms with van der Waals surface area (Å²) >= 11 is 3.20. The van der Waals surface area contributed by atoms with E-state index in [0.717, 1.165) is 13.0 Å². The van der Waals surface area contributed by atoms with Crippen molar-refractivity contribution in [2.75, 3.05) is 6.54 Å². The Balaban J connectivity index is 2.92. The number of aromatic nitrogens is 1. The summed E-state index contributed by atoms with van der Waals surface area (Å²) < 4.78 is 0.629.